The Balaban J connectivity index is 2.12. The van der Waals surface area contributed by atoms with Crippen molar-refractivity contribution in [2.75, 3.05) is 6.61 Å². The van der Waals surface area contributed by atoms with Crippen molar-refractivity contribution in [2.45, 2.75) is 38.5 Å². The molecule has 0 aliphatic carbocycles. The van der Waals surface area contributed by atoms with Crippen LogP contribution in [0.2, 0.25) is 0 Å². The Kier molecular flexibility index (Phi) is 6.20. The monoisotopic (exact) mass is 360 g/mol. The molecule has 2 rings (SSSR count). The number of ether oxygens (including phenoxy) is 1. The summed E-state index contributed by atoms with van der Waals surface area (Å²) in [6.45, 7) is 8.42. The predicted molar refractivity (Wildman–Crippen MR) is 101 cm³/mol. The fraction of sp³-hybridized carbons (Fsp3) is 0.316. The molecule has 1 N–H and O–H groups in total. The number of sulfonamides is 1. The van der Waals surface area contributed by atoms with Gasteiger partial charge in [0.05, 0.1) is 17.2 Å². The van der Waals surface area contributed by atoms with Gasteiger partial charge in [0.1, 0.15) is 5.75 Å². The number of hydrazone groups is 1. The number of benzene rings is 2. The smallest absolute Gasteiger partial charge is 0.276 e. The van der Waals surface area contributed by atoms with Crippen molar-refractivity contribution in [1.29, 1.82) is 0 Å². The van der Waals surface area contributed by atoms with E-state index in [0.29, 0.717) is 24.0 Å². The highest BCUT2D eigenvalue weighted by Crippen LogP contribution is 2.17. The Bertz CT molecular complexity index is 824. The SMILES string of the molecule is CCOc1ccc(S(=O)(=O)N/N=C(/C)c2ccc(C(C)C)cc2)cc1. The minimum Gasteiger partial charge on any atom is -0.494 e. The van der Waals surface area contributed by atoms with Crippen molar-refractivity contribution in [3.05, 3.63) is 59.7 Å². The molecule has 0 aliphatic heterocycles. The van der Waals surface area contributed by atoms with Gasteiger partial charge in [-0.25, -0.2) is 0 Å². The molecule has 0 atom stereocenters. The second kappa shape index (κ2) is 8.16. The topological polar surface area (TPSA) is 67.8 Å². The van der Waals surface area contributed by atoms with Crippen LogP contribution in [0, 0.1) is 0 Å². The molecule has 0 fully saturated rings. The number of nitrogens with zero attached hydrogens (tertiary/aromatic N) is 1. The second-order valence-electron chi connectivity index (χ2n) is 5.97. The normalized spacial score (nSPS) is 12.3. The highest BCUT2D eigenvalue weighted by atomic mass is 32.2. The molecule has 0 aliphatic rings. The van der Waals surface area contributed by atoms with Crippen LogP contribution in [0.15, 0.2) is 58.5 Å². The van der Waals surface area contributed by atoms with Crippen molar-refractivity contribution < 1.29 is 13.2 Å². The van der Waals surface area contributed by atoms with Crippen molar-refractivity contribution in [1.82, 2.24) is 4.83 Å². The van der Waals surface area contributed by atoms with Gasteiger partial charge >= 0.3 is 0 Å². The van der Waals surface area contributed by atoms with Gasteiger partial charge in [-0.05, 0) is 55.2 Å². The van der Waals surface area contributed by atoms with Gasteiger partial charge in [0, 0.05) is 0 Å². The second-order valence-corrected chi connectivity index (χ2v) is 7.63. The molecule has 25 heavy (non-hydrogen) atoms. The van der Waals surface area contributed by atoms with E-state index in [-0.39, 0.29) is 4.90 Å². The maximum Gasteiger partial charge on any atom is 0.276 e. The molecular formula is C19H24N2O3S. The van der Waals surface area contributed by atoms with Gasteiger partial charge in [-0.15, -0.1) is 0 Å². The fourth-order valence-corrected chi connectivity index (χ4v) is 3.09. The van der Waals surface area contributed by atoms with Gasteiger partial charge in [-0.1, -0.05) is 38.1 Å². The van der Waals surface area contributed by atoms with E-state index in [4.69, 9.17) is 4.74 Å². The molecule has 134 valence electrons. The molecular weight excluding hydrogens is 336 g/mol. The molecule has 0 saturated heterocycles. The molecule has 2 aromatic carbocycles. The molecule has 0 heterocycles. The number of nitrogens with one attached hydrogen (secondary N) is 1. The molecule has 0 bridgehead atoms. The van der Waals surface area contributed by atoms with E-state index in [9.17, 15) is 8.42 Å². The third-order valence-corrected chi connectivity index (χ3v) is 5.00. The standard InChI is InChI=1S/C19H24N2O3S/c1-5-24-18-10-12-19(13-11-18)25(22,23)21-20-15(4)17-8-6-16(7-9-17)14(2)3/h6-14,21H,5H2,1-4H3/b20-15-. The zero-order valence-electron chi connectivity index (χ0n) is 15.0. The van der Waals surface area contributed by atoms with Crippen molar-refractivity contribution in [2.24, 2.45) is 5.10 Å². The van der Waals surface area contributed by atoms with Crippen LogP contribution < -0.4 is 9.57 Å². The summed E-state index contributed by atoms with van der Waals surface area (Å²) in [5.74, 6) is 1.08. The predicted octanol–water partition coefficient (Wildman–Crippen LogP) is 3.91. The molecule has 5 nitrogen and oxygen atoms in total. The van der Waals surface area contributed by atoms with Crippen molar-refractivity contribution in [3.8, 4) is 5.75 Å². The first-order chi connectivity index (χ1) is 11.8. The summed E-state index contributed by atoms with van der Waals surface area (Å²) in [6.07, 6.45) is 0. The zero-order chi connectivity index (χ0) is 18.4. The van der Waals surface area contributed by atoms with Crippen LogP contribution >= 0.6 is 0 Å². The zero-order valence-corrected chi connectivity index (χ0v) is 15.8. The summed E-state index contributed by atoms with van der Waals surface area (Å²) >= 11 is 0. The lowest BCUT2D eigenvalue weighted by atomic mass is 10.0. The Morgan fingerprint density at radius 1 is 1.08 bits per heavy atom. The Morgan fingerprint density at radius 2 is 1.68 bits per heavy atom. The number of hydrogen-bond donors (Lipinski definition) is 1. The molecule has 6 heteroatoms. The maximum atomic E-state index is 12.3. The lowest BCUT2D eigenvalue weighted by Crippen LogP contribution is -2.20. The lowest BCUT2D eigenvalue weighted by molar-refractivity contribution is 0.340. The van der Waals surface area contributed by atoms with Crippen LogP contribution in [-0.4, -0.2) is 20.7 Å². The van der Waals surface area contributed by atoms with Crippen LogP contribution in [0.3, 0.4) is 0 Å². The Labute approximate surface area is 149 Å². The summed E-state index contributed by atoms with van der Waals surface area (Å²) in [6, 6.07) is 14.2. The van der Waals surface area contributed by atoms with Crippen LogP contribution in [0.25, 0.3) is 0 Å². The van der Waals surface area contributed by atoms with Crippen LogP contribution in [-0.2, 0) is 10.0 Å². The van der Waals surface area contributed by atoms with Gasteiger partial charge in [-0.2, -0.15) is 18.4 Å². The summed E-state index contributed by atoms with van der Waals surface area (Å²) < 4.78 is 30.0. The average molecular weight is 360 g/mol. The van der Waals surface area contributed by atoms with Crippen molar-refractivity contribution in [3.63, 3.8) is 0 Å². The minimum atomic E-state index is -3.71. The summed E-state index contributed by atoms with van der Waals surface area (Å²) in [7, 11) is -3.71. The Hall–Kier alpha value is -2.34. The first-order valence-corrected chi connectivity index (χ1v) is 9.71. The van der Waals surface area contributed by atoms with E-state index < -0.39 is 10.0 Å². The summed E-state index contributed by atoms with van der Waals surface area (Å²) in [5, 5.41) is 4.02. The quantitative estimate of drug-likeness (QED) is 0.601. The van der Waals surface area contributed by atoms with E-state index in [0.717, 1.165) is 5.56 Å². The Morgan fingerprint density at radius 3 is 2.20 bits per heavy atom. The highest BCUT2D eigenvalue weighted by molar-refractivity contribution is 7.89. The highest BCUT2D eigenvalue weighted by Gasteiger charge is 2.13. The van der Waals surface area contributed by atoms with Crippen molar-refractivity contribution >= 4 is 15.7 Å². The van der Waals surface area contributed by atoms with E-state index in [2.05, 4.69) is 23.8 Å². The van der Waals surface area contributed by atoms with E-state index in [1.54, 1.807) is 19.1 Å². The fourth-order valence-electron chi connectivity index (χ4n) is 2.24. The third kappa shape index (κ3) is 5.06. The molecule has 0 unspecified atom stereocenters. The minimum absolute atomic E-state index is 0.141. The van der Waals surface area contributed by atoms with Crippen LogP contribution in [0.4, 0.5) is 0 Å². The van der Waals surface area contributed by atoms with Gasteiger partial charge in [0.25, 0.3) is 10.0 Å². The third-order valence-electron chi connectivity index (χ3n) is 3.77. The van der Waals surface area contributed by atoms with Gasteiger partial charge < -0.3 is 4.74 Å². The maximum absolute atomic E-state index is 12.3. The molecule has 2 aromatic rings. The molecule has 0 amide bonds. The van der Waals surface area contributed by atoms with E-state index in [1.165, 1.54) is 17.7 Å². The van der Waals surface area contributed by atoms with Gasteiger partial charge in [-0.3, -0.25) is 0 Å². The number of hydrogen-bond acceptors (Lipinski definition) is 4. The first kappa shape index (κ1) is 19.0. The first-order valence-electron chi connectivity index (χ1n) is 8.22. The van der Waals surface area contributed by atoms with Gasteiger partial charge in [0.2, 0.25) is 0 Å². The van der Waals surface area contributed by atoms with Crippen LogP contribution in [0.5, 0.6) is 5.75 Å². The molecule has 0 saturated carbocycles. The lowest BCUT2D eigenvalue weighted by Gasteiger charge is -2.08. The summed E-state index contributed by atoms with van der Waals surface area (Å²) in [5.41, 5.74) is 2.70. The van der Waals surface area contributed by atoms with Crippen LogP contribution in [0.1, 0.15) is 44.7 Å². The summed E-state index contributed by atoms with van der Waals surface area (Å²) in [4.78, 5) is 2.42. The molecule has 0 spiro atoms. The van der Waals surface area contributed by atoms with E-state index >= 15 is 0 Å². The number of rotatable bonds is 7. The molecule has 0 aromatic heterocycles. The van der Waals surface area contributed by atoms with Gasteiger partial charge in [0.15, 0.2) is 0 Å². The molecule has 0 radical (unpaired) electrons. The van der Waals surface area contributed by atoms with E-state index in [1.807, 2.05) is 31.2 Å². The largest absolute Gasteiger partial charge is 0.494 e. The average Bonchev–Trinajstić information content (AvgIpc) is 2.60.